The highest BCUT2D eigenvalue weighted by Gasteiger charge is 2.26. The summed E-state index contributed by atoms with van der Waals surface area (Å²) >= 11 is 0. The van der Waals surface area contributed by atoms with Crippen molar-refractivity contribution >= 4 is 0 Å². The van der Waals surface area contributed by atoms with Crippen molar-refractivity contribution in [2.75, 3.05) is 13.2 Å². The van der Waals surface area contributed by atoms with Gasteiger partial charge < -0.3 is 10.1 Å². The van der Waals surface area contributed by atoms with E-state index >= 15 is 0 Å². The van der Waals surface area contributed by atoms with E-state index in [1.165, 1.54) is 18.2 Å². The Morgan fingerprint density at radius 1 is 1.29 bits per heavy atom. The Bertz CT molecular complexity index is 434. The minimum absolute atomic E-state index is 0.0430. The van der Waals surface area contributed by atoms with E-state index in [4.69, 9.17) is 4.74 Å². The van der Waals surface area contributed by atoms with Crippen molar-refractivity contribution in [2.45, 2.75) is 45.3 Å². The molecule has 0 fully saturated rings. The van der Waals surface area contributed by atoms with Crippen molar-refractivity contribution in [2.24, 2.45) is 0 Å². The molecule has 0 saturated heterocycles. The van der Waals surface area contributed by atoms with Crippen LogP contribution in [0.1, 0.15) is 44.7 Å². The van der Waals surface area contributed by atoms with Crippen LogP contribution in [0.4, 0.5) is 17.6 Å². The number of ether oxygens (including phenoxy) is 1. The van der Waals surface area contributed by atoms with Crippen LogP contribution in [0.2, 0.25) is 0 Å². The molecule has 1 N–H and O–H groups in total. The number of halogens is 4. The fraction of sp³-hybridized carbons (Fsp3) is 0.600. The Morgan fingerprint density at radius 3 is 2.62 bits per heavy atom. The molecule has 0 aliphatic rings. The molecule has 1 rings (SSSR count). The first-order valence-corrected chi connectivity index (χ1v) is 7.06. The Morgan fingerprint density at radius 2 is 2.00 bits per heavy atom. The second-order valence-corrected chi connectivity index (χ2v) is 4.93. The van der Waals surface area contributed by atoms with E-state index in [-0.39, 0.29) is 19.1 Å². The van der Waals surface area contributed by atoms with Crippen LogP contribution >= 0.6 is 0 Å². The van der Waals surface area contributed by atoms with Crippen molar-refractivity contribution in [1.82, 2.24) is 5.32 Å². The fourth-order valence-corrected chi connectivity index (χ4v) is 1.91. The van der Waals surface area contributed by atoms with Crippen LogP contribution in [0.15, 0.2) is 18.2 Å². The highest BCUT2D eigenvalue weighted by atomic mass is 19.4. The van der Waals surface area contributed by atoms with Gasteiger partial charge in [0.2, 0.25) is 0 Å². The molecule has 120 valence electrons. The summed E-state index contributed by atoms with van der Waals surface area (Å²) in [6.45, 7) is 4.61. The van der Waals surface area contributed by atoms with E-state index in [1.54, 1.807) is 0 Å². The maximum absolute atomic E-state index is 13.3. The molecule has 0 heterocycles. The van der Waals surface area contributed by atoms with Crippen LogP contribution in [0, 0.1) is 5.82 Å². The minimum Gasteiger partial charge on any atom is -0.493 e. The smallest absolute Gasteiger partial charge is 0.389 e. The molecule has 1 aromatic rings. The van der Waals surface area contributed by atoms with E-state index in [0.717, 1.165) is 13.0 Å². The molecule has 0 aliphatic heterocycles. The van der Waals surface area contributed by atoms with Gasteiger partial charge in [-0.15, -0.1) is 0 Å². The van der Waals surface area contributed by atoms with Gasteiger partial charge >= 0.3 is 6.18 Å². The zero-order valence-corrected chi connectivity index (χ0v) is 12.3. The van der Waals surface area contributed by atoms with Crippen LogP contribution < -0.4 is 10.1 Å². The maximum atomic E-state index is 13.3. The molecule has 0 saturated carbocycles. The number of hydrogen-bond acceptors (Lipinski definition) is 2. The molecule has 21 heavy (non-hydrogen) atoms. The van der Waals surface area contributed by atoms with Gasteiger partial charge in [0.05, 0.1) is 6.61 Å². The molecule has 1 aromatic carbocycles. The zero-order chi connectivity index (χ0) is 15.9. The summed E-state index contributed by atoms with van der Waals surface area (Å²) in [5, 5.41) is 3.20. The van der Waals surface area contributed by atoms with Crippen molar-refractivity contribution in [3.05, 3.63) is 29.6 Å². The molecule has 0 aliphatic carbocycles. The predicted molar refractivity (Wildman–Crippen MR) is 73.9 cm³/mol. The van der Waals surface area contributed by atoms with Gasteiger partial charge in [-0.25, -0.2) is 4.39 Å². The predicted octanol–water partition coefficient (Wildman–Crippen LogP) is 4.61. The Hall–Kier alpha value is -1.30. The number of hydrogen-bond donors (Lipinski definition) is 1. The van der Waals surface area contributed by atoms with E-state index in [0.29, 0.717) is 11.3 Å². The molecule has 6 heteroatoms. The number of rotatable bonds is 8. The summed E-state index contributed by atoms with van der Waals surface area (Å²) < 4.78 is 54.9. The molecule has 0 aromatic heterocycles. The Balaban J connectivity index is 2.64. The quantitative estimate of drug-likeness (QED) is 0.559. The highest BCUT2D eigenvalue weighted by molar-refractivity contribution is 5.36. The lowest BCUT2D eigenvalue weighted by Crippen LogP contribution is -2.20. The molecular weight excluding hydrogens is 286 g/mol. The van der Waals surface area contributed by atoms with Crippen molar-refractivity contribution < 1.29 is 22.3 Å². The van der Waals surface area contributed by atoms with E-state index in [9.17, 15) is 17.6 Å². The zero-order valence-electron chi connectivity index (χ0n) is 12.3. The van der Waals surface area contributed by atoms with Crippen molar-refractivity contribution in [1.29, 1.82) is 0 Å². The highest BCUT2D eigenvalue weighted by Crippen LogP contribution is 2.27. The molecule has 1 unspecified atom stereocenters. The number of nitrogens with one attached hydrogen (secondary N) is 1. The third-order valence-corrected chi connectivity index (χ3v) is 3.00. The number of benzene rings is 1. The largest absolute Gasteiger partial charge is 0.493 e. The second kappa shape index (κ2) is 8.22. The van der Waals surface area contributed by atoms with Crippen LogP contribution in [-0.2, 0) is 0 Å². The van der Waals surface area contributed by atoms with Crippen LogP contribution in [0.25, 0.3) is 0 Å². The first-order valence-electron chi connectivity index (χ1n) is 7.06. The maximum Gasteiger partial charge on any atom is 0.389 e. The summed E-state index contributed by atoms with van der Waals surface area (Å²) in [7, 11) is 0. The molecule has 0 amide bonds. The minimum atomic E-state index is -4.18. The Labute approximate surface area is 122 Å². The van der Waals surface area contributed by atoms with Crippen molar-refractivity contribution in [3.8, 4) is 5.75 Å². The van der Waals surface area contributed by atoms with Gasteiger partial charge in [0.1, 0.15) is 11.6 Å². The van der Waals surface area contributed by atoms with E-state index in [2.05, 4.69) is 5.32 Å². The first kappa shape index (κ1) is 17.8. The van der Waals surface area contributed by atoms with Crippen molar-refractivity contribution in [3.63, 3.8) is 0 Å². The SMILES string of the molecule is CCCNC(C)c1cc(F)ccc1OCCCC(F)(F)F. The summed E-state index contributed by atoms with van der Waals surface area (Å²) in [4.78, 5) is 0. The summed E-state index contributed by atoms with van der Waals surface area (Å²) in [6, 6.07) is 3.93. The van der Waals surface area contributed by atoms with Crippen LogP contribution in [0.5, 0.6) is 5.75 Å². The van der Waals surface area contributed by atoms with Crippen LogP contribution in [-0.4, -0.2) is 19.3 Å². The lowest BCUT2D eigenvalue weighted by atomic mass is 10.1. The molecular formula is C15H21F4NO. The third-order valence-electron chi connectivity index (χ3n) is 3.00. The summed E-state index contributed by atoms with van der Waals surface area (Å²) in [5.41, 5.74) is 0.621. The fourth-order valence-electron chi connectivity index (χ4n) is 1.91. The third kappa shape index (κ3) is 6.80. The number of alkyl halides is 3. The topological polar surface area (TPSA) is 21.3 Å². The van der Waals surface area contributed by atoms with E-state index < -0.39 is 18.4 Å². The first-order chi connectivity index (χ1) is 9.83. The van der Waals surface area contributed by atoms with E-state index in [1.807, 2.05) is 13.8 Å². The van der Waals surface area contributed by atoms with Gasteiger partial charge in [-0.05, 0) is 44.5 Å². The molecule has 0 radical (unpaired) electrons. The monoisotopic (exact) mass is 307 g/mol. The lowest BCUT2D eigenvalue weighted by molar-refractivity contribution is -0.136. The normalized spacial score (nSPS) is 13.2. The molecule has 0 bridgehead atoms. The molecule has 2 nitrogen and oxygen atoms in total. The Kier molecular flexibility index (Phi) is 6.95. The summed E-state index contributed by atoms with van der Waals surface area (Å²) in [5.74, 6) is 0.0347. The average Bonchev–Trinajstić information content (AvgIpc) is 2.41. The lowest BCUT2D eigenvalue weighted by Gasteiger charge is -2.18. The van der Waals surface area contributed by atoms with Gasteiger partial charge in [0, 0.05) is 18.0 Å². The van der Waals surface area contributed by atoms with Gasteiger partial charge in [0.25, 0.3) is 0 Å². The van der Waals surface area contributed by atoms with Gasteiger partial charge in [-0.2, -0.15) is 13.2 Å². The molecule has 1 atom stereocenters. The van der Waals surface area contributed by atoms with Gasteiger partial charge in [0.15, 0.2) is 0 Å². The summed E-state index contributed by atoms with van der Waals surface area (Å²) in [6.07, 6.45) is -4.24. The van der Waals surface area contributed by atoms with Gasteiger partial charge in [-0.1, -0.05) is 6.92 Å². The standard InChI is InChI=1S/C15H21F4NO/c1-3-8-20-11(2)13-10-12(16)5-6-14(13)21-9-4-7-15(17,18)19/h5-6,10-11,20H,3-4,7-9H2,1-2H3. The molecule has 0 spiro atoms. The average molecular weight is 307 g/mol. The van der Waals surface area contributed by atoms with Crippen LogP contribution in [0.3, 0.4) is 0 Å². The second-order valence-electron chi connectivity index (χ2n) is 4.93. The van der Waals surface area contributed by atoms with Gasteiger partial charge in [-0.3, -0.25) is 0 Å².